The fourth-order valence-corrected chi connectivity index (χ4v) is 3.61. The monoisotopic (exact) mass is 385 g/mol. The smallest absolute Gasteiger partial charge is 0.164 e. The third-order valence-electron chi connectivity index (χ3n) is 4.18. The predicted molar refractivity (Wildman–Crippen MR) is 96.8 cm³/mol. The number of hydrogen-bond acceptors (Lipinski definition) is 5. The fourth-order valence-electron chi connectivity index (χ4n) is 3.01. The number of fused-ring (bicyclic) bond motifs is 2. The highest BCUT2D eigenvalue weighted by atomic mass is 79.9. The summed E-state index contributed by atoms with van der Waals surface area (Å²) in [6, 6.07) is 6.16. The number of halogens is 1. The van der Waals surface area contributed by atoms with Crippen molar-refractivity contribution in [2.75, 3.05) is 5.32 Å². The third kappa shape index (κ3) is 2.25. The number of rotatable bonds is 3. The summed E-state index contributed by atoms with van der Waals surface area (Å²) in [7, 11) is 3.90. The molecule has 0 bridgehead atoms. The molecule has 0 aliphatic rings. The first-order chi connectivity index (χ1) is 11.6. The second-order valence-corrected chi connectivity index (χ2v) is 6.47. The van der Waals surface area contributed by atoms with Crippen molar-refractivity contribution in [2.45, 2.75) is 13.5 Å². The fraction of sp³-hybridized carbons (Fsp3) is 0.250. The Morgan fingerprint density at radius 2 is 2.04 bits per heavy atom. The molecular weight excluding hydrogens is 370 g/mol. The number of aryl methyl sites for hydroxylation is 3. The average Bonchev–Trinajstić information content (AvgIpc) is 3.04. The Hall–Kier alpha value is -2.48. The molecule has 0 radical (unpaired) electrons. The summed E-state index contributed by atoms with van der Waals surface area (Å²) in [5.74, 6) is 1.69. The van der Waals surface area contributed by atoms with E-state index in [0.29, 0.717) is 6.54 Å². The van der Waals surface area contributed by atoms with E-state index in [1.165, 1.54) is 11.9 Å². The van der Waals surface area contributed by atoms with Crippen molar-refractivity contribution >= 4 is 43.8 Å². The van der Waals surface area contributed by atoms with E-state index in [2.05, 4.69) is 53.9 Å². The molecule has 0 amide bonds. The van der Waals surface area contributed by atoms with Gasteiger partial charge >= 0.3 is 0 Å². The van der Waals surface area contributed by atoms with Crippen LogP contribution >= 0.6 is 15.9 Å². The van der Waals surface area contributed by atoms with E-state index in [4.69, 9.17) is 4.98 Å². The number of para-hydroxylation sites is 1. The van der Waals surface area contributed by atoms with Gasteiger partial charge in [-0.3, -0.25) is 0 Å². The van der Waals surface area contributed by atoms with Gasteiger partial charge in [0.15, 0.2) is 5.65 Å². The molecule has 24 heavy (non-hydrogen) atoms. The van der Waals surface area contributed by atoms with Crippen LogP contribution < -0.4 is 5.32 Å². The lowest BCUT2D eigenvalue weighted by Crippen LogP contribution is -2.08. The van der Waals surface area contributed by atoms with Crippen molar-refractivity contribution in [2.24, 2.45) is 14.1 Å². The highest BCUT2D eigenvalue weighted by Gasteiger charge is 2.14. The Morgan fingerprint density at radius 3 is 2.83 bits per heavy atom. The molecule has 0 aliphatic heterocycles. The second-order valence-electron chi connectivity index (χ2n) is 5.72. The SMILES string of the molecule is Cc1cccc2nc(CNc3ncnc4c3c(Br)nn4C)n(C)c12. The molecule has 4 aromatic rings. The topological polar surface area (TPSA) is 73.5 Å². The van der Waals surface area contributed by atoms with Crippen molar-refractivity contribution in [1.29, 1.82) is 0 Å². The maximum atomic E-state index is 4.72. The van der Waals surface area contributed by atoms with Crippen molar-refractivity contribution in [3.63, 3.8) is 0 Å². The molecule has 1 N–H and O–H groups in total. The highest BCUT2D eigenvalue weighted by Crippen LogP contribution is 2.27. The van der Waals surface area contributed by atoms with Gasteiger partial charge in [0.2, 0.25) is 0 Å². The molecule has 0 aliphatic carbocycles. The summed E-state index contributed by atoms with van der Waals surface area (Å²) in [6.07, 6.45) is 1.54. The maximum absolute atomic E-state index is 4.72. The minimum atomic E-state index is 0.568. The Morgan fingerprint density at radius 1 is 1.21 bits per heavy atom. The minimum absolute atomic E-state index is 0.568. The molecule has 0 fully saturated rings. The predicted octanol–water partition coefficient (Wildman–Crippen LogP) is 2.93. The summed E-state index contributed by atoms with van der Waals surface area (Å²) in [5, 5.41) is 8.57. The van der Waals surface area contributed by atoms with Gasteiger partial charge in [0.1, 0.15) is 22.6 Å². The van der Waals surface area contributed by atoms with Crippen LogP contribution in [0, 0.1) is 6.92 Å². The molecule has 0 saturated heterocycles. The van der Waals surface area contributed by atoms with Gasteiger partial charge < -0.3 is 9.88 Å². The first-order valence-corrected chi connectivity index (χ1v) is 8.33. The molecule has 0 atom stereocenters. The Bertz CT molecular complexity index is 1060. The van der Waals surface area contributed by atoms with E-state index in [9.17, 15) is 0 Å². The van der Waals surface area contributed by atoms with Crippen LogP contribution in [-0.2, 0) is 20.6 Å². The lowest BCUT2D eigenvalue weighted by atomic mass is 10.2. The molecule has 0 spiro atoms. The lowest BCUT2D eigenvalue weighted by Gasteiger charge is -2.07. The standard InChI is InChI=1S/C16H16BrN7/c1-9-5-4-6-10-13(9)23(2)11(21-10)7-18-15-12-14(17)22-24(3)16(12)20-8-19-15/h4-6,8H,7H2,1-3H3,(H,18,19,20). The van der Waals surface area contributed by atoms with Crippen molar-refractivity contribution in [1.82, 2.24) is 29.3 Å². The van der Waals surface area contributed by atoms with Gasteiger partial charge in [0.05, 0.1) is 23.0 Å². The van der Waals surface area contributed by atoms with Gasteiger partial charge in [-0.25, -0.2) is 19.6 Å². The van der Waals surface area contributed by atoms with Crippen LogP contribution in [0.15, 0.2) is 29.1 Å². The van der Waals surface area contributed by atoms with Crippen molar-refractivity contribution in [3.05, 3.63) is 40.5 Å². The second kappa shape index (κ2) is 5.55. The summed E-state index contributed by atoms with van der Waals surface area (Å²) in [4.78, 5) is 13.4. The molecule has 1 aromatic carbocycles. The lowest BCUT2D eigenvalue weighted by molar-refractivity contribution is 0.777. The van der Waals surface area contributed by atoms with Gasteiger partial charge in [0, 0.05) is 14.1 Å². The van der Waals surface area contributed by atoms with E-state index in [0.717, 1.165) is 38.3 Å². The first-order valence-electron chi connectivity index (χ1n) is 7.54. The summed E-state index contributed by atoms with van der Waals surface area (Å²) < 4.78 is 4.57. The first kappa shape index (κ1) is 15.1. The minimum Gasteiger partial charge on any atom is -0.362 e. The van der Waals surface area contributed by atoms with E-state index >= 15 is 0 Å². The Kier molecular flexibility index (Phi) is 3.49. The zero-order valence-electron chi connectivity index (χ0n) is 13.6. The number of nitrogens with zero attached hydrogens (tertiary/aromatic N) is 6. The Labute approximate surface area is 146 Å². The van der Waals surface area contributed by atoms with E-state index < -0.39 is 0 Å². The molecule has 0 saturated carbocycles. The van der Waals surface area contributed by atoms with Crippen LogP contribution in [0.1, 0.15) is 11.4 Å². The van der Waals surface area contributed by atoms with Gasteiger partial charge in [-0.2, -0.15) is 5.10 Å². The van der Waals surface area contributed by atoms with Crippen LogP contribution in [0.3, 0.4) is 0 Å². The van der Waals surface area contributed by atoms with Gasteiger partial charge in [-0.15, -0.1) is 0 Å². The number of benzene rings is 1. The maximum Gasteiger partial charge on any atom is 0.164 e. The summed E-state index contributed by atoms with van der Waals surface area (Å²) >= 11 is 3.47. The third-order valence-corrected chi connectivity index (χ3v) is 4.74. The number of imidazole rings is 1. The number of anilines is 1. The summed E-state index contributed by atoms with van der Waals surface area (Å²) in [6.45, 7) is 2.67. The zero-order chi connectivity index (χ0) is 16.8. The van der Waals surface area contributed by atoms with Crippen LogP contribution in [0.5, 0.6) is 0 Å². The summed E-state index contributed by atoms with van der Waals surface area (Å²) in [5.41, 5.74) is 4.16. The van der Waals surface area contributed by atoms with Crippen LogP contribution in [0.2, 0.25) is 0 Å². The van der Waals surface area contributed by atoms with Crippen molar-refractivity contribution in [3.8, 4) is 0 Å². The molecule has 122 valence electrons. The molecule has 3 heterocycles. The molecule has 0 unspecified atom stereocenters. The van der Waals surface area contributed by atoms with E-state index in [-0.39, 0.29) is 0 Å². The van der Waals surface area contributed by atoms with E-state index in [1.54, 1.807) is 4.68 Å². The number of nitrogens with one attached hydrogen (secondary N) is 1. The van der Waals surface area contributed by atoms with E-state index in [1.807, 2.05) is 26.2 Å². The van der Waals surface area contributed by atoms with Gasteiger partial charge in [-0.1, -0.05) is 12.1 Å². The average molecular weight is 386 g/mol. The molecule has 3 aromatic heterocycles. The largest absolute Gasteiger partial charge is 0.362 e. The molecule has 7 nitrogen and oxygen atoms in total. The molecule has 4 rings (SSSR count). The normalized spacial score (nSPS) is 11.5. The van der Waals surface area contributed by atoms with Crippen LogP contribution in [-0.4, -0.2) is 29.3 Å². The van der Waals surface area contributed by atoms with Gasteiger partial charge in [-0.05, 0) is 34.5 Å². The van der Waals surface area contributed by atoms with Gasteiger partial charge in [0.25, 0.3) is 0 Å². The zero-order valence-corrected chi connectivity index (χ0v) is 15.2. The van der Waals surface area contributed by atoms with Crippen LogP contribution in [0.25, 0.3) is 22.1 Å². The van der Waals surface area contributed by atoms with Crippen molar-refractivity contribution < 1.29 is 0 Å². The quantitative estimate of drug-likeness (QED) is 0.586. The Balaban J connectivity index is 1.71. The molecule has 8 heteroatoms. The molecular formula is C16H16BrN7. The highest BCUT2D eigenvalue weighted by molar-refractivity contribution is 9.10. The van der Waals surface area contributed by atoms with Crippen LogP contribution in [0.4, 0.5) is 5.82 Å². The number of aromatic nitrogens is 6. The number of hydrogen-bond donors (Lipinski definition) is 1.